The van der Waals surface area contributed by atoms with E-state index in [2.05, 4.69) is 15.6 Å². The van der Waals surface area contributed by atoms with Gasteiger partial charge in [-0.1, -0.05) is 19.3 Å². The zero-order chi connectivity index (χ0) is 9.97. The van der Waals surface area contributed by atoms with Gasteiger partial charge < -0.3 is 0 Å². The summed E-state index contributed by atoms with van der Waals surface area (Å²) in [7, 11) is 1.96. The van der Waals surface area contributed by atoms with Gasteiger partial charge in [0.1, 0.15) is 5.82 Å². The van der Waals surface area contributed by atoms with Crippen molar-refractivity contribution >= 4 is 5.95 Å². The van der Waals surface area contributed by atoms with Crippen molar-refractivity contribution in [1.82, 2.24) is 14.8 Å². The van der Waals surface area contributed by atoms with Gasteiger partial charge in [0.25, 0.3) is 0 Å². The fraction of sp³-hybridized carbons (Fsp3) is 0.778. The maximum absolute atomic E-state index is 5.32. The summed E-state index contributed by atoms with van der Waals surface area (Å²) in [6.07, 6.45) is 6.44. The number of rotatable bonds is 2. The van der Waals surface area contributed by atoms with Crippen LogP contribution >= 0.6 is 0 Å². The molecule has 1 aromatic rings. The topological polar surface area (TPSA) is 68.8 Å². The first kappa shape index (κ1) is 9.45. The predicted octanol–water partition coefficient (Wildman–Crippen LogP) is 1.15. The molecule has 1 aromatic heterocycles. The summed E-state index contributed by atoms with van der Waals surface area (Å²) in [6.45, 7) is 0. The summed E-state index contributed by atoms with van der Waals surface area (Å²) in [4.78, 5) is 0. The van der Waals surface area contributed by atoms with Crippen molar-refractivity contribution in [2.75, 3.05) is 5.43 Å². The first-order chi connectivity index (χ1) is 6.83. The van der Waals surface area contributed by atoms with Crippen molar-refractivity contribution in [2.24, 2.45) is 12.9 Å². The second kappa shape index (κ2) is 3.96. The Balaban J connectivity index is 2.18. The van der Waals surface area contributed by atoms with Crippen molar-refractivity contribution in [3.05, 3.63) is 5.82 Å². The second-order valence-electron chi connectivity index (χ2n) is 3.92. The highest BCUT2D eigenvalue weighted by Gasteiger charge is 2.21. The predicted molar refractivity (Wildman–Crippen MR) is 54.6 cm³/mol. The number of hydrazine groups is 1. The zero-order valence-electron chi connectivity index (χ0n) is 8.53. The number of hydrogen-bond donors (Lipinski definition) is 2. The first-order valence-corrected chi connectivity index (χ1v) is 5.19. The smallest absolute Gasteiger partial charge is 0.238 e. The van der Waals surface area contributed by atoms with Gasteiger partial charge in [-0.2, -0.15) is 0 Å². The van der Waals surface area contributed by atoms with E-state index < -0.39 is 0 Å². The van der Waals surface area contributed by atoms with Crippen LogP contribution in [0.3, 0.4) is 0 Å². The van der Waals surface area contributed by atoms with Crippen LogP contribution in [0.4, 0.5) is 5.95 Å². The number of nitrogens with one attached hydrogen (secondary N) is 1. The molecule has 0 spiro atoms. The van der Waals surface area contributed by atoms with Crippen molar-refractivity contribution in [1.29, 1.82) is 0 Å². The molecule has 3 N–H and O–H groups in total. The number of aromatic nitrogens is 3. The zero-order valence-corrected chi connectivity index (χ0v) is 8.53. The Morgan fingerprint density at radius 2 is 2.00 bits per heavy atom. The lowest BCUT2D eigenvalue weighted by Gasteiger charge is -2.20. The lowest BCUT2D eigenvalue weighted by molar-refractivity contribution is 0.421. The van der Waals surface area contributed by atoms with Crippen LogP contribution in [0.1, 0.15) is 43.8 Å². The molecule has 0 saturated heterocycles. The largest absolute Gasteiger partial charge is 0.299 e. The third-order valence-electron chi connectivity index (χ3n) is 3.01. The Kier molecular flexibility index (Phi) is 2.67. The standard InChI is InChI=1S/C9H17N5/c1-14-8(12-13-9(14)11-10)7-5-3-2-4-6-7/h7H,2-6,10H2,1H3,(H,11,13). The summed E-state index contributed by atoms with van der Waals surface area (Å²) < 4.78 is 1.95. The maximum Gasteiger partial charge on any atom is 0.238 e. The molecular formula is C9H17N5. The highest BCUT2D eigenvalue weighted by molar-refractivity contribution is 5.24. The summed E-state index contributed by atoms with van der Waals surface area (Å²) >= 11 is 0. The van der Waals surface area contributed by atoms with Crippen molar-refractivity contribution < 1.29 is 0 Å². The Bertz CT molecular complexity index is 300. The third-order valence-corrected chi connectivity index (χ3v) is 3.01. The highest BCUT2D eigenvalue weighted by atomic mass is 15.4. The lowest BCUT2D eigenvalue weighted by Crippen LogP contribution is -2.14. The number of anilines is 1. The molecule has 2 rings (SSSR count). The first-order valence-electron chi connectivity index (χ1n) is 5.19. The average Bonchev–Trinajstić information content (AvgIpc) is 2.61. The molecule has 5 heteroatoms. The molecule has 0 aliphatic heterocycles. The Morgan fingerprint density at radius 1 is 1.29 bits per heavy atom. The molecule has 1 saturated carbocycles. The third kappa shape index (κ3) is 1.59. The maximum atomic E-state index is 5.32. The minimum Gasteiger partial charge on any atom is -0.299 e. The Labute approximate surface area is 83.7 Å². The molecule has 1 aliphatic carbocycles. The highest BCUT2D eigenvalue weighted by Crippen LogP contribution is 2.31. The average molecular weight is 195 g/mol. The molecular weight excluding hydrogens is 178 g/mol. The van der Waals surface area contributed by atoms with Gasteiger partial charge in [-0.3, -0.25) is 9.99 Å². The molecule has 0 aromatic carbocycles. The van der Waals surface area contributed by atoms with E-state index >= 15 is 0 Å². The molecule has 0 bridgehead atoms. The molecule has 78 valence electrons. The van der Waals surface area contributed by atoms with Crippen LogP contribution in [0, 0.1) is 0 Å². The Morgan fingerprint density at radius 3 is 2.57 bits per heavy atom. The van der Waals surface area contributed by atoms with Gasteiger partial charge in [0.15, 0.2) is 0 Å². The monoisotopic (exact) mass is 195 g/mol. The minimum atomic E-state index is 0.573. The fourth-order valence-corrected chi connectivity index (χ4v) is 2.18. The molecule has 0 unspecified atom stereocenters. The van der Waals surface area contributed by atoms with Gasteiger partial charge in [0.05, 0.1) is 0 Å². The molecule has 0 atom stereocenters. The van der Waals surface area contributed by atoms with Crippen LogP contribution in [0.2, 0.25) is 0 Å². The van der Waals surface area contributed by atoms with Crippen LogP contribution < -0.4 is 11.3 Å². The summed E-state index contributed by atoms with van der Waals surface area (Å²) in [5, 5.41) is 8.17. The van der Waals surface area contributed by atoms with E-state index in [1.807, 2.05) is 11.6 Å². The fourth-order valence-electron chi connectivity index (χ4n) is 2.18. The number of nitrogens with zero attached hydrogens (tertiary/aromatic N) is 3. The van der Waals surface area contributed by atoms with Crippen LogP contribution in [-0.4, -0.2) is 14.8 Å². The van der Waals surface area contributed by atoms with Gasteiger partial charge in [0.2, 0.25) is 5.95 Å². The van der Waals surface area contributed by atoms with Crippen LogP contribution in [0.25, 0.3) is 0 Å². The molecule has 14 heavy (non-hydrogen) atoms. The van der Waals surface area contributed by atoms with Crippen LogP contribution in [0.15, 0.2) is 0 Å². The SMILES string of the molecule is Cn1c(NN)nnc1C1CCCCC1. The Hall–Kier alpha value is -1.10. The van der Waals surface area contributed by atoms with E-state index in [4.69, 9.17) is 5.84 Å². The van der Waals surface area contributed by atoms with Gasteiger partial charge in [-0.05, 0) is 12.8 Å². The normalized spacial score (nSPS) is 18.4. The van der Waals surface area contributed by atoms with E-state index in [-0.39, 0.29) is 0 Å². The quantitative estimate of drug-likeness (QED) is 0.548. The number of hydrogen-bond acceptors (Lipinski definition) is 4. The molecule has 0 amide bonds. The van der Waals surface area contributed by atoms with Gasteiger partial charge in [0, 0.05) is 13.0 Å². The van der Waals surface area contributed by atoms with E-state index in [0.29, 0.717) is 11.9 Å². The van der Waals surface area contributed by atoms with Crippen molar-refractivity contribution in [3.8, 4) is 0 Å². The second-order valence-corrected chi connectivity index (χ2v) is 3.92. The summed E-state index contributed by atoms with van der Waals surface area (Å²) in [5.41, 5.74) is 2.54. The number of nitrogen functional groups attached to an aromatic ring is 1. The molecule has 1 fully saturated rings. The summed E-state index contributed by atoms with van der Waals surface area (Å²) in [6, 6.07) is 0. The van der Waals surface area contributed by atoms with E-state index in [1.165, 1.54) is 32.1 Å². The van der Waals surface area contributed by atoms with Gasteiger partial charge in [-0.25, -0.2) is 5.84 Å². The van der Waals surface area contributed by atoms with Gasteiger partial charge >= 0.3 is 0 Å². The molecule has 5 nitrogen and oxygen atoms in total. The minimum absolute atomic E-state index is 0.573. The van der Waals surface area contributed by atoms with E-state index in [1.54, 1.807) is 0 Å². The van der Waals surface area contributed by atoms with Crippen molar-refractivity contribution in [3.63, 3.8) is 0 Å². The lowest BCUT2D eigenvalue weighted by atomic mass is 9.89. The molecule has 0 radical (unpaired) electrons. The van der Waals surface area contributed by atoms with E-state index in [0.717, 1.165) is 5.82 Å². The van der Waals surface area contributed by atoms with Gasteiger partial charge in [-0.15, -0.1) is 10.2 Å². The van der Waals surface area contributed by atoms with E-state index in [9.17, 15) is 0 Å². The summed E-state index contributed by atoms with van der Waals surface area (Å²) in [5.74, 6) is 7.60. The van der Waals surface area contributed by atoms with Crippen LogP contribution in [-0.2, 0) is 7.05 Å². The molecule has 1 heterocycles. The van der Waals surface area contributed by atoms with Crippen molar-refractivity contribution in [2.45, 2.75) is 38.0 Å². The number of nitrogens with two attached hydrogens (primary N) is 1. The molecule has 1 aliphatic rings. The van der Waals surface area contributed by atoms with Crippen LogP contribution in [0.5, 0.6) is 0 Å².